The van der Waals surface area contributed by atoms with Gasteiger partial charge in [0.05, 0.1) is 6.26 Å². The normalized spacial score (nSPS) is 21.5. The average molecular weight is 264 g/mol. The van der Waals surface area contributed by atoms with Gasteiger partial charge in [-0.2, -0.15) is 0 Å². The molecule has 0 aliphatic carbocycles. The molecule has 0 saturated carbocycles. The maximum Gasteiger partial charge on any atom is 0.248 e. The van der Waals surface area contributed by atoms with Crippen LogP contribution in [0.4, 0.5) is 0 Å². The van der Waals surface area contributed by atoms with Crippen molar-refractivity contribution >= 4 is 15.9 Å². The Balaban J connectivity index is 2.41. The van der Waals surface area contributed by atoms with E-state index in [0.717, 1.165) is 25.6 Å². The predicted molar refractivity (Wildman–Crippen MR) is 64.0 cm³/mol. The molecule has 1 unspecified atom stereocenters. The highest BCUT2D eigenvalue weighted by Crippen LogP contribution is 2.16. The molecule has 0 spiro atoms. The Bertz CT molecular complexity index is 355. The maximum absolute atomic E-state index is 11.6. The molecule has 1 aliphatic rings. The van der Waals surface area contributed by atoms with Gasteiger partial charge in [-0.3, -0.25) is 4.79 Å². The molecule has 0 aromatic heterocycles. The van der Waals surface area contributed by atoms with Crippen molar-refractivity contribution in [2.24, 2.45) is 5.92 Å². The van der Waals surface area contributed by atoms with Crippen LogP contribution in [0.5, 0.6) is 0 Å². The lowest BCUT2D eigenvalue weighted by molar-refractivity contribution is -0.136. The van der Waals surface area contributed by atoms with Crippen molar-refractivity contribution in [3.63, 3.8) is 0 Å². The Kier molecular flexibility index (Phi) is 5.35. The lowest BCUT2D eigenvalue weighted by Gasteiger charge is -2.32. The first-order chi connectivity index (χ1) is 7.92. The van der Waals surface area contributed by atoms with Crippen molar-refractivity contribution < 1.29 is 17.9 Å². The first-order valence-corrected chi connectivity index (χ1v) is 7.53. The van der Waals surface area contributed by atoms with Gasteiger partial charge in [0.1, 0.15) is 6.61 Å². The number of hydrogen-bond donors (Lipinski definition) is 1. The Morgan fingerprint density at radius 2 is 2.24 bits per heavy atom. The maximum atomic E-state index is 11.6. The van der Waals surface area contributed by atoms with Crippen LogP contribution < -0.4 is 4.72 Å². The molecule has 1 heterocycles. The zero-order valence-corrected chi connectivity index (χ0v) is 11.1. The van der Waals surface area contributed by atoms with E-state index in [4.69, 9.17) is 4.74 Å². The van der Waals surface area contributed by atoms with Crippen LogP contribution in [0.15, 0.2) is 0 Å². The number of nitrogens with one attached hydrogen (secondary N) is 1. The fraction of sp³-hybridized carbons (Fsp3) is 0.900. The number of methoxy groups -OCH3 is 1. The van der Waals surface area contributed by atoms with Crippen LogP contribution in [0.25, 0.3) is 0 Å². The van der Waals surface area contributed by atoms with Crippen molar-refractivity contribution in [3.8, 4) is 0 Å². The monoisotopic (exact) mass is 264 g/mol. The second-order valence-corrected chi connectivity index (χ2v) is 6.23. The summed E-state index contributed by atoms with van der Waals surface area (Å²) in [6.45, 7) is 1.82. The van der Waals surface area contributed by atoms with Crippen molar-refractivity contribution in [1.29, 1.82) is 0 Å². The molecule has 1 fully saturated rings. The van der Waals surface area contributed by atoms with Gasteiger partial charge in [-0.15, -0.1) is 0 Å². The molecular formula is C10H20N2O4S. The van der Waals surface area contributed by atoms with Crippen LogP contribution in [-0.4, -0.2) is 58.8 Å². The number of carbonyl (C=O) groups excluding carboxylic acids is 1. The number of nitrogens with zero attached hydrogens (tertiary/aromatic N) is 1. The minimum absolute atomic E-state index is 0.0310. The van der Waals surface area contributed by atoms with Gasteiger partial charge < -0.3 is 9.64 Å². The summed E-state index contributed by atoms with van der Waals surface area (Å²) in [6, 6.07) is 0. The number of amides is 1. The van der Waals surface area contributed by atoms with E-state index in [1.807, 2.05) is 0 Å². The molecule has 1 rings (SSSR count). The molecule has 1 N–H and O–H groups in total. The lowest BCUT2D eigenvalue weighted by atomic mass is 9.98. The minimum atomic E-state index is -3.15. The van der Waals surface area contributed by atoms with Crippen molar-refractivity contribution in [3.05, 3.63) is 0 Å². The van der Waals surface area contributed by atoms with Gasteiger partial charge in [0.25, 0.3) is 0 Å². The van der Waals surface area contributed by atoms with Crippen LogP contribution in [0, 0.1) is 5.92 Å². The third-order valence-electron chi connectivity index (χ3n) is 2.77. The van der Waals surface area contributed by atoms with E-state index in [1.54, 1.807) is 4.90 Å². The van der Waals surface area contributed by atoms with Crippen molar-refractivity contribution in [2.75, 3.05) is 39.6 Å². The first kappa shape index (κ1) is 14.4. The number of piperidine rings is 1. The van der Waals surface area contributed by atoms with Gasteiger partial charge in [0, 0.05) is 26.7 Å². The SMILES string of the molecule is COCC(=O)N1CCCC(CNS(C)(=O)=O)C1. The fourth-order valence-electron chi connectivity index (χ4n) is 1.94. The summed E-state index contributed by atoms with van der Waals surface area (Å²) in [4.78, 5) is 13.3. The van der Waals surface area contributed by atoms with Gasteiger partial charge >= 0.3 is 0 Å². The van der Waals surface area contributed by atoms with Crippen LogP contribution in [0.2, 0.25) is 0 Å². The Morgan fingerprint density at radius 3 is 2.82 bits per heavy atom. The highest BCUT2D eigenvalue weighted by atomic mass is 32.2. The molecule has 1 saturated heterocycles. The van der Waals surface area contributed by atoms with Gasteiger partial charge in [-0.05, 0) is 18.8 Å². The molecule has 0 aromatic carbocycles. The molecule has 0 bridgehead atoms. The molecule has 0 aromatic rings. The summed E-state index contributed by atoms with van der Waals surface area (Å²) in [6.07, 6.45) is 2.99. The van der Waals surface area contributed by atoms with Gasteiger partial charge in [0.15, 0.2) is 0 Å². The molecule has 1 atom stereocenters. The number of likely N-dealkylation sites (tertiary alicyclic amines) is 1. The summed E-state index contributed by atoms with van der Waals surface area (Å²) in [5.74, 6) is 0.163. The quantitative estimate of drug-likeness (QED) is 0.721. The van der Waals surface area contributed by atoms with E-state index in [2.05, 4.69) is 4.72 Å². The van der Waals surface area contributed by atoms with E-state index in [9.17, 15) is 13.2 Å². The van der Waals surface area contributed by atoms with Crippen molar-refractivity contribution in [1.82, 2.24) is 9.62 Å². The van der Waals surface area contributed by atoms with E-state index in [-0.39, 0.29) is 18.4 Å². The van der Waals surface area contributed by atoms with Gasteiger partial charge in [0.2, 0.25) is 15.9 Å². The largest absolute Gasteiger partial charge is 0.375 e. The van der Waals surface area contributed by atoms with E-state index in [0.29, 0.717) is 13.1 Å². The fourth-order valence-corrected chi connectivity index (χ4v) is 2.48. The number of ether oxygens (including phenoxy) is 1. The van der Waals surface area contributed by atoms with Crippen LogP contribution in [-0.2, 0) is 19.6 Å². The minimum Gasteiger partial charge on any atom is -0.375 e. The van der Waals surface area contributed by atoms with Crippen LogP contribution >= 0.6 is 0 Å². The number of carbonyl (C=O) groups is 1. The Labute approximate surface area is 102 Å². The number of sulfonamides is 1. The topological polar surface area (TPSA) is 75.7 Å². The lowest BCUT2D eigenvalue weighted by Crippen LogP contribution is -2.44. The number of rotatable bonds is 5. The zero-order valence-electron chi connectivity index (χ0n) is 10.3. The molecule has 7 heteroatoms. The molecule has 1 amide bonds. The predicted octanol–water partition coefficient (Wildman–Crippen LogP) is -0.579. The van der Waals surface area contributed by atoms with Crippen LogP contribution in [0.1, 0.15) is 12.8 Å². The average Bonchev–Trinajstić information content (AvgIpc) is 2.26. The standard InChI is InChI=1S/C10H20N2O4S/c1-16-8-10(13)12-5-3-4-9(7-12)6-11-17(2,14)15/h9,11H,3-8H2,1-2H3. The zero-order chi connectivity index (χ0) is 12.9. The molecule has 1 aliphatic heterocycles. The highest BCUT2D eigenvalue weighted by Gasteiger charge is 2.23. The molecular weight excluding hydrogens is 244 g/mol. The van der Waals surface area contributed by atoms with Crippen molar-refractivity contribution in [2.45, 2.75) is 12.8 Å². The third-order valence-corrected chi connectivity index (χ3v) is 3.46. The molecule has 100 valence electrons. The second-order valence-electron chi connectivity index (χ2n) is 4.40. The summed E-state index contributed by atoms with van der Waals surface area (Å²) in [7, 11) is -1.66. The highest BCUT2D eigenvalue weighted by molar-refractivity contribution is 7.88. The van der Waals surface area contributed by atoms with E-state index >= 15 is 0 Å². The summed E-state index contributed by atoms with van der Waals surface area (Å²) in [5, 5.41) is 0. The summed E-state index contributed by atoms with van der Waals surface area (Å²) >= 11 is 0. The van der Waals surface area contributed by atoms with Gasteiger partial charge in [-0.1, -0.05) is 0 Å². The Morgan fingerprint density at radius 1 is 1.53 bits per heavy atom. The molecule has 17 heavy (non-hydrogen) atoms. The summed E-state index contributed by atoms with van der Waals surface area (Å²) < 4.78 is 29.2. The first-order valence-electron chi connectivity index (χ1n) is 5.63. The summed E-state index contributed by atoms with van der Waals surface area (Å²) in [5.41, 5.74) is 0. The van der Waals surface area contributed by atoms with Crippen LogP contribution in [0.3, 0.4) is 0 Å². The molecule has 0 radical (unpaired) electrons. The Hall–Kier alpha value is -0.660. The molecule has 6 nitrogen and oxygen atoms in total. The number of hydrogen-bond acceptors (Lipinski definition) is 4. The third kappa shape index (κ3) is 5.47. The van der Waals surface area contributed by atoms with E-state index < -0.39 is 10.0 Å². The van der Waals surface area contributed by atoms with E-state index in [1.165, 1.54) is 7.11 Å². The second kappa shape index (κ2) is 6.32. The van der Waals surface area contributed by atoms with Gasteiger partial charge in [-0.25, -0.2) is 13.1 Å². The smallest absolute Gasteiger partial charge is 0.248 e.